The molecule has 0 aliphatic heterocycles. The van der Waals surface area contributed by atoms with Crippen molar-refractivity contribution in [3.05, 3.63) is 22.2 Å². The van der Waals surface area contributed by atoms with E-state index in [1.807, 2.05) is 0 Å². The molecule has 0 fully saturated rings. The summed E-state index contributed by atoms with van der Waals surface area (Å²) >= 11 is 3.29. The number of hydrogen-bond donors (Lipinski definition) is 1. The first-order chi connectivity index (χ1) is 8.80. The van der Waals surface area contributed by atoms with Crippen molar-refractivity contribution >= 4 is 31.6 Å². The second kappa shape index (κ2) is 6.72. The number of unbranched alkanes of at least 4 members (excludes halogenated alkanes) is 2. The second-order valence-electron chi connectivity index (χ2n) is 4.65. The van der Waals surface area contributed by atoms with Gasteiger partial charge in [-0.05, 0) is 31.0 Å². The summed E-state index contributed by atoms with van der Waals surface area (Å²) in [6.45, 7) is 4.35. The zero-order valence-corrected chi connectivity index (χ0v) is 14.0. The first kappa shape index (κ1) is 16.5. The van der Waals surface area contributed by atoms with Crippen molar-refractivity contribution < 1.29 is 8.42 Å². The van der Waals surface area contributed by atoms with E-state index in [-0.39, 0.29) is 4.90 Å². The summed E-state index contributed by atoms with van der Waals surface area (Å²) in [7, 11) is -1.86. The zero-order valence-electron chi connectivity index (χ0n) is 11.6. The molecular weight excluding hydrogens is 328 g/mol. The average molecular weight is 349 g/mol. The molecule has 0 aromatic heterocycles. The van der Waals surface area contributed by atoms with Gasteiger partial charge in [-0.1, -0.05) is 35.7 Å². The molecule has 19 heavy (non-hydrogen) atoms. The second-order valence-corrected chi connectivity index (χ2v) is 7.58. The summed E-state index contributed by atoms with van der Waals surface area (Å²) in [5.41, 5.74) is 6.91. The van der Waals surface area contributed by atoms with Crippen LogP contribution in [0.3, 0.4) is 0 Å². The van der Waals surface area contributed by atoms with Gasteiger partial charge in [0.05, 0.1) is 4.90 Å². The third-order valence-corrected chi connectivity index (χ3v) is 5.57. The van der Waals surface area contributed by atoms with Crippen LogP contribution in [0.1, 0.15) is 31.7 Å². The molecule has 108 valence electrons. The van der Waals surface area contributed by atoms with E-state index in [1.54, 1.807) is 26.1 Å². The molecule has 6 heteroatoms. The molecule has 1 aromatic rings. The monoisotopic (exact) mass is 348 g/mol. The lowest BCUT2D eigenvalue weighted by molar-refractivity contribution is 0.454. The van der Waals surface area contributed by atoms with Crippen LogP contribution in [-0.2, 0) is 10.0 Å². The van der Waals surface area contributed by atoms with Crippen LogP contribution in [0.2, 0.25) is 0 Å². The van der Waals surface area contributed by atoms with Gasteiger partial charge in [-0.2, -0.15) is 0 Å². The van der Waals surface area contributed by atoms with Crippen molar-refractivity contribution in [3.8, 4) is 0 Å². The number of anilines is 1. The van der Waals surface area contributed by atoms with E-state index < -0.39 is 10.0 Å². The fourth-order valence-corrected chi connectivity index (χ4v) is 3.93. The number of nitrogens with two attached hydrogens (primary N) is 1. The van der Waals surface area contributed by atoms with E-state index in [2.05, 4.69) is 22.9 Å². The predicted octanol–water partition coefficient (Wildman–Crippen LogP) is 3.15. The molecule has 0 heterocycles. The van der Waals surface area contributed by atoms with Crippen molar-refractivity contribution in [1.29, 1.82) is 0 Å². The van der Waals surface area contributed by atoms with Crippen molar-refractivity contribution in [1.82, 2.24) is 4.31 Å². The van der Waals surface area contributed by atoms with Gasteiger partial charge in [0, 0.05) is 23.8 Å². The number of halogens is 1. The molecule has 2 N–H and O–H groups in total. The van der Waals surface area contributed by atoms with Gasteiger partial charge in [0.15, 0.2) is 0 Å². The molecule has 0 unspecified atom stereocenters. The number of sulfonamides is 1. The molecule has 0 spiro atoms. The van der Waals surface area contributed by atoms with Crippen LogP contribution in [0, 0.1) is 6.92 Å². The Hall–Kier alpha value is -0.590. The molecule has 0 aliphatic rings. The number of rotatable bonds is 6. The maximum absolute atomic E-state index is 12.5. The van der Waals surface area contributed by atoms with Crippen molar-refractivity contribution in [2.75, 3.05) is 19.3 Å². The van der Waals surface area contributed by atoms with Crippen LogP contribution < -0.4 is 5.73 Å². The Morgan fingerprint density at radius 1 is 1.32 bits per heavy atom. The van der Waals surface area contributed by atoms with Crippen LogP contribution in [0.5, 0.6) is 0 Å². The minimum atomic E-state index is -3.47. The molecule has 0 aliphatic carbocycles. The van der Waals surface area contributed by atoms with Gasteiger partial charge in [-0.25, -0.2) is 12.7 Å². The first-order valence-corrected chi connectivity index (χ1v) is 8.56. The normalized spacial score (nSPS) is 12.1. The Morgan fingerprint density at radius 2 is 1.95 bits per heavy atom. The Morgan fingerprint density at radius 3 is 2.53 bits per heavy atom. The summed E-state index contributed by atoms with van der Waals surface area (Å²) in [4.78, 5) is 0.276. The lowest BCUT2D eigenvalue weighted by atomic mass is 10.2. The van der Waals surface area contributed by atoms with E-state index in [0.29, 0.717) is 22.3 Å². The topological polar surface area (TPSA) is 63.4 Å². The highest BCUT2D eigenvalue weighted by Crippen LogP contribution is 2.28. The largest absolute Gasteiger partial charge is 0.398 e. The Bertz CT molecular complexity index is 544. The van der Waals surface area contributed by atoms with Gasteiger partial charge in [0.25, 0.3) is 0 Å². The van der Waals surface area contributed by atoms with Gasteiger partial charge in [-0.15, -0.1) is 0 Å². The summed E-state index contributed by atoms with van der Waals surface area (Å²) in [6.07, 6.45) is 2.96. The van der Waals surface area contributed by atoms with Gasteiger partial charge >= 0.3 is 0 Å². The number of benzene rings is 1. The molecular formula is C13H21BrN2O2S. The molecule has 4 nitrogen and oxygen atoms in total. The maximum atomic E-state index is 12.5. The fourth-order valence-electron chi connectivity index (χ4n) is 1.81. The quantitative estimate of drug-likeness (QED) is 0.634. The Labute approximate surface area is 124 Å². The van der Waals surface area contributed by atoms with Gasteiger partial charge in [-0.3, -0.25) is 0 Å². The summed E-state index contributed by atoms with van der Waals surface area (Å²) in [5.74, 6) is 0. The van der Waals surface area contributed by atoms with Gasteiger partial charge < -0.3 is 5.73 Å². The van der Waals surface area contributed by atoms with Gasteiger partial charge in [0.1, 0.15) is 0 Å². The minimum Gasteiger partial charge on any atom is -0.398 e. The SMILES string of the molecule is CCCCCN(C)S(=O)(=O)c1cc(Br)cc(N)c1C. The van der Waals surface area contributed by atoms with E-state index in [9.17, 15) is 8.42 Å². The lowest BCUT2D eigenvalue weighted by Gasteiger charge is -2.19. The van der Waals surface area contributed by atoms with E-state index in [0.717, 1.165) is 19.3 Å². The third-order valence-electron chi connectivity index (χ3n) is 3.13. The molecule has 0 amide bonds. The summed E-state index contributed by atoms with van der Waals surface area (Å²) in [5, 5.41) is 0. The highest BCUT2D eigenvalue weighted by Gasteiger charge is 2.23. The van der Waals surface area contributed by atoms with Crippen molar-refractivity contribution in [2.24, 2.45) is 0 Å². The van der Waals surface area contributed by atoms with E-state index in [1.165, 1.54) is 4.31 Å². The molecule has 1 aromatic carbocycles. The van der Waals surface area contributed by atoms with Crippen molar-refractivity contribution in [2.45, 2.75) is 38.0 Å². The maximum Gasteiger partial charge on any atom is 0.243 e. The van der Waals surface area contributed by atoms with Crippen LogP contribution in [-0.4, -0.2) is 26.3 Å². The molecule has 0 saturated heterocycles. The van der Waals surface area contributed by atoms with Crippen LogP contribution in [0.15, 0.2) is 21.5 Å². The van der Waals surface area contributed by atoms with E-state index >= 15 is 0 Å². The molecule has 0 radical (unpaired) electrons. The van der Waals surface area contributed by atoms with Gasteiger partial charge in [0.2, 0.25) is 10.0 Å². The summed E-state index contributed by atoms with van der Waals surface area (Å²) < 4.78 is 27.1. The number of nitrogens with zero attached hydrogens (tertiary/aromatic N) is 1. The highest BCUT2D eigenvalue weighted by molar-refractivity contribution is 9.10. The summed E-state index contributed by atoms with van der Waals surface area (Å²) in [6, 6.07) is 3.32. The average Bonchev–Trinajstić information content (AvgIpc) is 2.33. The predicted molar refractivity (Wildman–Crippen MR) is 82.6 cm³/mol. The zero-order chi connectivity index (χ0) is 14.6. The number of nitrogen functional groups attached to an aromatic ring is 1. The molecule has 0 bridgehead atoms. The van der Waals surface area contributed by atoms with E-state index in [4.69, 9.17) is 5.73 Å². The highest BCUT2D eigenvalue weighted by atomic mass is 79.9. The Kier molecular flexibility index (Phi) is 5.82. The van der Waals surface area contributed by atoms with Crippen LogP contribution >= 0.6 is 15.9 Å². The minimum absolute atomic E-state index is 0.276. The molecule has 1 rings (SSSR count). The Balaban J connectivity index is 3.06. The van der Waals surface area contributed by atoms with Crippen molar-refractivity contribution in [3.63, 3.8) is 0 Å². The first-order valence-electron chi connectivity index (χ1n) is 6.32. The smallest absolute Gasteiger partial charge is 0.243 e. The molecule has 0 saturated carbocycles. The molecule has 0 atom stereocenters. The van der Waals surface area contributed by atoms with Crippen LogP contribution in [0.4, 0.5) is 5.69 Å². The third kappa shape index (κ3) is 3.94. The fraction of sp³-hybridized carbons (Fsp3) is 0.538. The lowest BCUT2D eigenvalue weighted by Crippen LogP contribution is -2.28. The van der Waals surface area contributed by atoms with Crippen LogP contribution in [0.25, 0.3) is 0 Å². The number of hydrogen-bond acceptors (Lipinski definition) is 3. The standard InChI is InChI=1S/C13H21BrN2O2S/c1-4-5-6-7-16(3)19(17,18)13-9-11(14)8-12(15)10(13)2/h8-9H,4-7,15H2,1-3H3.